The van der Waals surface area contributed by atoms with Crippen LogP contribution >= 0.6 is 11.3 Å². The minimum Gasteiger partial charge on any atom is -0.309 e. The van der Waals surface area contributed by atoms with E-state index in [0.29, 0.717) is 17.6 Å². The first-order chi connectivity index (χ1) is 34.7. The summed E-state index contributed by atoms with van der Waals surface area (Å²) in [4.78, 5) is 21.6. The van der Waals surface area contributed by atoms with Crippen molar-refractivity contribution in [2.24, 2.45) is 0 Å². The van der Waals surface area contributed by atoms with E-state index in [4.69, 9.17) is 19.9 Å². The number of benzene rings is 9. The summed E-state index contributed by atoms with van der Waals surface area (Å²) in [5.74, 6) is 1.82. The standard InChI is InChI=1S/C62H37N7S/c1-3-15-38(16-4-1)59-64-60(39-17-5-2-6-18-39)66-62(65-59)69-55-26-14-10-21-45(55)48-35-40(27-32-57(48)69)51-31-30-47-50-37-42(29-34-58(50)70-61(47)63-51)68-54-25-13-9-22-46(54)49-36-41(28-33-56(49)68)67-52-23-11-7-19-43(52)44-20-8-12-24-53(44)67/h1-37H. The molecule has 0 aliphatic heterocycles. The van der Waals surface area contributed by atoms with Gasteiger partial charge >= 0.3 is 0 Å². The van der Waals surface area contributed by atoms with Crippen LogP contribution in [-0.2, 0) is 0 Å². The molecule has 0 radical (unpaired) electrons. The van der Waals surface area contributed by atoms with Crippen LogP contribution in [0.25, 0.3) is 137 Å². The highest BCUT2D eigenvalue weighted by molar-refractivity contribution is 7.25. The molecular weight excluding hydrogens is 875 g/mol. The summed E-state index contributed by atoms with van der Waals surface area (Å²) < 4.78 is 8.19. The minimum absolute atomic E-state index is 0.570. The van der Waals surface area contributed by atoms with E-state index in [0.717, 1.165) is 65.8 Å². The molecule has 0 N–H and O–H groups in total. The van der Waals surface area contributed by atoms with Crippen LogP contribution in [0, 0.1) is 0 Å². The second-order valence-corrected chi connectivity index (χ2v) is 18.9. The van der Waals surface area contributed by atoms with Crippen LogP contribution in [0.2, 0.25) is 0 Å². The Morgan fingerprint density at radius 3 is 1.34 bits per heavy atom. The van der Waals surface area contributed by atoms with Gasteiger partial charge in [-0.2, -0.15) is 9.97 Å². The van der Waals surface area contributed by atoms with Gasteiger partial charge in [-0.15, -0.1) is 11.3 Å². The Hall–Kier alpha value is -9.24. The van der Waals surface area contributed by atoms with Gasteiger partial charge in [-0.1, -0.05) is 140 Å². The zero-order valence-corrected chi connectivity index (χ0v) is 38.2. The van der Waals surface area contributed by atoms with E-state index in [-0.39, 0.29) is 0 Å². The molecule has 0 saturated carbocycles. The Bertz CT molecular complexity index is 4490. The van der Waals surface area contributed by atoms with Crippen molar-refractivity contribution in [2.45, 2.75) is 0 Å². The highest BCUT2D eigenvalue weighted by Gasteiger charge is 2.21. The molecule has 8 heteroatoms. The highest BCUT2D eigenvalue weighted by Crippen LogP contribution is 2.41. The number of hydrogen-bond acceptors (Lipinski definition) is 5. The molecule has 326 valence electrons. The van der Waals surface area contributed by atoms with Gasteiger partial charge in [0.15, 0.2) is 11.6 Å². The maximum atomic E-state index is 5.36. The predicted molar refractivity (Wildman–Crippen MR) is 290 cm³/mol. The summed E-state index contributed by atoms with van der Waals surface area (Å²) in [6, 6.07) is 79.7. The number of thiophene rings is 1. The first-order valence-electron chi connectivity index (χ1n) is 23.5. The van der Waals surface area contributed by atoms with Gasteiger partial charge in [0, 0.05) is 75.9 Å². The molecule has 6 aromatic heterocycles. The maximum Gasteiger partial charge on any atom is 0.238 e. The predicted octanol–water partition coefficient (Wildman–Crippen LogP) is 15.9. The monoisotopic (exact) mass is 911 g/mol. The molecule has 6 heterocycles. The normalized spacial score (nSPS) is 12.0. The molecule has 0 amide bonds. The van der Waals surface area contributed by atoms with Crippen LogP contribution in [-0.4, -0.2) is 33.6 Å². The smallest absolute Gasteiger partial charge is 0.238 e. The number of pyridine rings is 1. The number of aromatic nitrogens is 7. The van der Waals surface area contributed by atoms with Crippen molar-refractivity contribution in [1.82, 2.24) is 33.6 Å². The Kier molecular flexibility index (Phi) is 8.39. The minimum atomic E-state index is 0.570. The molecule has 0 spiro atoms. The van der Waals surface area contributed by atoms with Crippen molar-refractivity contribution in [3.05, 3.63) is 224 Å². The third-order valence-electron chi connectivity index (χ3n) is 13.9. The van der Waals surface area contributed by atoms with Crippen molar-refractivity contribution in [2.75, 3.05) is 0 Å². The summed E-state index contributed by atoms with van der Waals surface area (Å²) in [7, 11) is 0. The van der Waals surface area contributed by atoms with E-state index in [1.54, 1.807) is 11.3 Å². The Morgan fingerprint density at radius 1 is 0.286 bits per heavy atom. The van der Waals surface area contributed by atoms with Gasteiger partial charge in [0.25, 0.3) is 0 Å². The molecule has 0 fully saturated rings. The van der Waals surface area contributed by atoms with Crippen LogP contribution < -0.4 is 0 Å². The van der Waals surface area contributed by atoms with E-state index in [1.165, 1.54) is 53.7 Å². The fourth-order valence-corrected chi connectivity index (χ4v) is 11.8. The molecule has 0 saturated heterocycles. The summed E-state index contributed by atoms with van der Waals surface area (Å²) in [6.07, 6.45) is 0. The lowest BCUT2D eigenvalue weighted by molar-refractivity contribution is 0.953. The maximum absolute atomic E-state index is 5.36. The van der Waals surface area contributed by atoms with Crippen LogP contribution in [0.4, 0.5) is 0 Å². The molecule has 0 atom stereocenters. The lowest BCUT2D eigenvalue weighted by atomic mass is 10.1. The zero-order chi connectivity index (χ0) is 45.9. The van der Waals surface area contributed by atoms with Crippen LogP contribution in [0.1, 0.15) is 0 Å². The highest BCUT2D eigenvalue weighted by atomic mass is 32.1. The average Bonchev–Trinajstić information content (AvgIpc) is 4.17. The van der Waals surface area contributed by atoms with Crippen LogP contribution in [0.3, 0.4) is 0 Å². The zero-order valence-electron chi connectivity index (χ0n) is 37.4. The quantitative estimate of drug-likeness (QED) is 0.167. The third kappa shape index (κ3) is 5.87. The molecule has 15 rings (SSSR count). The van der Waals surface area contributed by atoms with Crippen LogP contribution in [0.5, 0.6) is 0 Å². The van der Waals surface area contributed by atoms with E-state index in [9.17, 15) is 0 Å². The summed E-state index contributed by atoms with van der Waals surface area (Å²) in [5.41, 5.74) is 12.9. The molecular formula is C62H37N7S. The second kappa shape index (κ2) is 15.1. The second-order valence-electron chi connectivity index (χ2n) is 17.9. The van der Waals surface area contributed by atoms with Crippen molar-refractivity contribution in [1.29, 1.82) is 0 Å². The number of rotatable bonds is 6. The Morgan fingerprint density at radius 2 is 0.743 bits per heavy atom. The fraction of sp³-hybridized carbons (Fsp3) is 0. The number of hydrogen-bond donors (Lipinski definition) is 0. The van der Waals surface area contributed by atoms with Gasteiger partial charge in [-0.05, 0) is 84.9 Å². The van der Waals surface area contributed by atoms with Crippen molar-refractivity contribution in [3.63, 3.8) is 0 Å². The SMILES string of the molecule is c1ccc(-c2nc(-c3ccccc3)nc(-n3c4ccccc4c4cc(-c5ccc6c(n5)sc5ccc(-n7c8ccccc8c8cc(-n9c%10ccccc%10c%10ccccc%109)ccc87)cc56)ccc43)n2)cc1. The largest absolute Gasteiger partial charge is 0.309 e. The molecule has 0 aliphatic rings. The number of nitrogens with zero attached hydrogens (tertiary/aromatic N) is 7. The summed E-state index contributed by atoms with van der Waals surface area (Å²) >= 11 is 1.74. The van der Waals surface area contributed by atoms with E-state index < -0.39 is 0 Å². The number of fused-ring (bicyclic) bond motifs is 12. The molecule has 0 unspecified atom stereocenters. The van der Waals surface area contributed by atoms with Gasteiger partial charge in [-0.25, -0.2) is 9.97 Å². The molecule has 15 aromatic rings. The van der Waals surface area contributed by atoms with Gasteiger partial charge in [-0.3, -0.25) is 4.57 Å². The van der Waals surface area contributed by atoms with E-state index in [2.05, 4.69) is 177 Å². The Labute approximate surface area is 404 Å². The first-order valence-corrected chi connectivity index (χ1v) is 24.3. The third-order valence-corrected chi connectivity index (χ3v) is 15.0. The molecule has 70 heavy (non-hydrogen) atoms. The lowest BCUT2D eigenvalue weighted by Crippen LogP contribution is -2.06. The molecule has 7 nitrogen and oxygen atoms in total. The summed E-state index contributed by atoms with van der Waals surface area (Å²) in [6.45, 7) is 0. The Balaban J connectivity index is 0.835. The molecule has 0 bridgehead atoms. The topological polar surface area (TPSA) is 66.3 Å². The van der Waals surface area contributed by atoms with Gasteiger partial charge in [0.1, 0.15) is 4.83 Å². The van der Waals surface area contributed by atoms with Crippen LogP contribution in [0.15, 0.2) is 224 Å². The summed E-state index contributed by atoms with van der Waals surface area (Å²) in [5, 5.41) is 9.54. The van der Waals surface area contributed by atoms with E-state index in [1.807, 2.05) is 60.7 Å². The van der Waals surface area contributed by atoms with Crippen molar-refractivity contribution in [3.8, 4) is 51.4 Å². The van der Waals surface area contributed by atoms with Gasteiger partial charge in [0.05, 0.1) is 38.8 Å². The van der Waals surface area contributed by atoms with E-state index >= 15 is 0 Å². The lowest BCUT2D eigenvalue weighted by Gasteiger charge is -2.11. The van der Waals surface area contributed by atoms with Crippen molar-refractivity contribution >= 4 is 97.1 Å². The molecule has 9 aromatic carbocycles. The molecule has 0 aliphatic carbocycles. The van der Waals surface area contributed by atoms with Gasteiger partial charge < -0.3 is 9.13 Å². The van der Waals surface area contributed by atoms with Gasteiger partial charge in [0.2, 0.25) is 5.95 Å². The first kappa shape index (κ1) is 38.8. The average molecular weight is 912 g/mol. The number of para-hydroxylation sites is 4. The fourth-order valence-electron chi connectivity index (χ4n) is 10.8. The van der Waals surface area contributed by atoms with Crippen molar-refractivity contribution < 1.29 is 0 Å².